The minimum Gasteiger partial charge on any atom is -0.381 e. The third-order valence-electron chi connectivity index (χ3n) is 4.93. The molecule has 0 atom stereocenters. The summed E-state index contributed by atoms with van der Waals surface area (Å²) >= 11 is 0. The van der Waals surface area contributed by atoms with Gasteiger partial charge in [0.05, 0.1) is 0 Å². The second-order valence-electron chi connectivity index (χ2n) is 6.68. The Hall–Kier alpha value is -2.81. The summed E-state index contributed by atoms with van der Waals surface area (Å²) in [6.45, 7) is 4.58. The van der Waals surface area contributed by atoms with E-state index in [-0.39, 0.29) is 11.8 Å². The maximum absolute atomic E-state index is 12.3. The molecule has 4 heterocycles. The second-order valence-corrected chi connectivity index (χ2v) is 6.68. The lowest BCUT2D eigenvalue weighted by Crippen LogP contribution is -2.47. The molecule has 2 aromatic heterocycles. The van der Waals surface area contributed by atoms with Crippen LogP contribution in [0.3, 0.4) is 0 Å². The molecular formula is C18H23N7O2. The van der Waals surface area contributed by atoms with E-state index in [2.05, 4.69) is 35.3 Å². The molecule has 2 fully saturated rings. The highest BCUT2D eigenvalue weighted by Gasteiger charge is 2.23. The van der Waals surface area contributed by atoms with Crippen molar-refractivity contribution < 1.29 is 9.53 Å². The number of nitrogens with one attached hydrogen (secondary N) is 1. The van der Waals surface area contributed by atoms with Gasteiger partial charge in [-0.3, -0.25) is 4.79 Å². The van der Waals surface area contributed by atoms with E-state index >= 15 is 0 Å². The van der Waals surface area contributed by atoms with E-state index in [1.54, 1.807) is 12.4 Å². The standard InChI is InChI=1S/C18H23N7O2/c26-17(14-4-12-27-13-5-14)21-15-2-3-16(23-22-15)24-8-10-25(11-9-24)18-19-6-1-7-20-18/h1-3,6-7,14H,4-5,8-13H2,(H,21,22,26). The molecule has 1 N–H and O–H groups in total. The fourth-order valence-electron chi connectivity index (χ4n) is 3.34. The van der Waals surface area contributed by atoms with E-state index in [0.29, 0.717) is 19.0 Å². The second kappa shape index (κ2) is 8.26. The summed E-state index contributed by atoms with van der Waals surface area (Å²) < 4.78 is 5.29. The van der Waals surface area contributed by atoms with Crippen LogP contribution in [0.25, 0.3) is 0 Å². The summed E-state index contributed by atoms with van der Waals surface area (Å²) in [5.74, 6) is 2.05. The van der Waals surface area contributed by atoms with Gasteiger partial charge in [0.1, 0.15) is 0 Å². The van der Waals surface area contributed by atoms with Crippen LogP contribution in [-0.2, 0) is 9.53 Å². The predicted octanol–water partition coefficient (Wildman–Crippen LogP) is 0.958. The van der Waals surface area contributed by atoms with E-state index in [9.17, 15) is 4.79 Å². The van der Waals surface area contributed by atoms with Crippen LogP contribution in [0.2, 0.25) is 0 Å². The number of nitrogens with zero attached hydrogens (tertiary/aromatic N) is 6. The lowest BCUT2D eigenvalue weighted by molar-refractivity contribution is -0.122. The summed E-state index contributed by atoms with van der Waals surface area (Å²) in [6, 6.07) is 5.53. The number of anilines is 3. The van der Waals surface area contributed by atoms with Crippen LogP contribution < -0.4 is 15.1 Å². The first-order chi connectivity index (χ1) is 13.3. The van der Waals surface area contributed by atoms with Gasteiger partial charge in [0.2, 0.25) is 11.9 Å². The first-order valence-corrected chi connectivity index (χ1v) is 9.29. The number of rotatable bonds is 4. The van der Waals surface area contributed by atoms with Gasteiger partial charge in [-0.05, 0) is 31.0 Å². The van der Waals surface area contributed by atoms with Gasteiger partial charge in [-0.15, -0.1) is 10.2 Å². The van der Waals surface area contributed by atoms with Gasteiger partial charge in [-0.2, -0.15) is 0 Å². The van der Waals surface area contributed by atoms with Crippen molar-refractivity contribution in [1.29, 1.82) is 0 Å². The minimum absolute atomic E-state index is 0.00294. The van der Waals surface area contributed by atoms with Gasteiger partial charge >= 0.3 is 0 Å². The zero-order chi connectivity index (χ0) is 18.5. The third kappa shape index (κ3) is 4.30. The first kappa shape index (κ1) is 17.6. The fourth-order valence-corrected chi connectivity index (χ4v) is 3.34. The zero-order valence-corrected chi connectivity index (χ0v) is 15.1. The van der Waals surface area contributed by atoms with Crippen molar-refractivity contribution in [3.05, 3.63) is 30.6 Å². The summed E-state index contributed by atoms with van der Waals surface area (Å²) in [5.41, 5.74) is 0. The summed E-state index contributed by atoms with van der Waals surface area (Å²) in [4.78, 5) is 25.2. The van der Waals surface area contributed by atoms with Crippen LogP contribution in [0.1, 0.15) is 12.8 Å². The number of hydrogen-bond acceptors (Lipinski definition) is 8. The highest BCUT2D eigenvalue weighted by atomic mass is 16.5. The molecule has 9 heteroatoms. The molecule has 1 amide bonds. The van der Waals surface area contributed by atoms with E-state index in [0.717, 1.165) is 50.8 Å². The van der Waals surface area contributed by atoms with Gasteiger partial charge in [0.15, 0.2) is 11.6 Å². The molecule has 9 nitrogen and oxygen atoms in total. The van der Waals surface area contributed by atoms with E-state index in [1.165, 1.54) is 0 Å². The number of hydrogen-bond donors (Lipinski definition) is 1. The Morgan fingerprint density at radius 2 is 1.70 bits per heavy atom. The number of piperazine rings is 1. The van der Waals surface area contributed by atoms with Crippen LogP contribution in [-0.4, -0.2) is 65.5 Å². The molecule has 4 rings (SSSR count). The molecule has 0 aromatic carbocycles. The summed E-state index contributed by atoms with van der Waals surface area (Å²) in [5, 5.41) is 11.3. The SMILES string of the molecule is O=C(Nc1ccc(N2CCN(c3ncccn3)CC2)nn1)C1CCOCC1. The average Bonchev–Trinajstić information content (AvgIpc) is 2.76. The predicted molar refractivity (Wildman–Crippen MR) is 101 cm³/mol. The van der Waals surface area contributed by atoms with E-state index < -0.39 is 0 Å². The number of ether oxygens (including phenoxy) is 1. The van der Waals surface area contributed by atoms with Gasteiger partial charge in [0, 0.05) is 57.7 Å². The highest BCUT2D eigenvalue weighted by Crippen LogP contribution is 2.19. The van der Waals surface area contributed by atoms with Crippen molar-refractivity contribution in [3.63, 3.8) is 0 Å². The van der Waals surface area contributed by atoms with Crippen LogP contribution in [0.15, 0.2) is 30.6 Å². The highest BCUT2D eigenvalue weighted by molar-refractivity contribution is 5.91. The van der Waals surface area contributed by atoms with Gasteiger partial charge in [-0.1, -0.05) is 0 Å². The maximum atomic E-state index is 12.3. The molecule has 27 heavy (non-hydrogen) atoms. The Kier molecular flexibility index (Phi) is 5.38. The smallest absolute Gasteiger partial charge is 0.228 e. The molecule has 0 spiro atoms. The summed E-state index contributed by atoms with van der Waals surface area (Å²) in [6.07, 6.45) is 5.03. The van der Waals surface area contributed by atoms with Crippen molar-refractivity contribution in [2.24, 2.45) is 5.92 Å². The quantitative estimate of drug-likeness (QED) is 0.851. The van der Waals surface area contributed by atoms with Gasteiger partial charge in [0.25, 0.3) is 0 Å². The first-order valence-electron chi connectivity index (χ1n) is 9.29. The largest absolute Gasteiger partial charge is 0.381 e. The van der Waals surface area contributed by atoms with Crippen molar-refractivity contribution >= 4 is 23.5 Å². The Morgan fingerprint density at radius 1 is 1.00 bits per heavy atom. The van der Waals surface area contributed by atoms with Crippen LogP contribution in [0.4, 0.5) is 17.6 Å². The molecule has 0 unspecified atom stereocenters. The van der Waals surface area contributed by atoms with Gasteiger partial charge < -0.3 is 19.9 Å². The Labute approximate surface area is 157 Å². The third-order valence-corrected chi connectivity index (χ3v) is 4.93. The van der Waals surface area contributed by atoms with E-state index in [4.69, 9.17) is 4.74 Å². The van der Waals surface area contributed by atoms with Crippen LogP contribution in [0, 0.1) is 5.92 Å². The molecule has 2 saturated heterocycles. The Bertz CT molecular complexity index is 742. The molecule has 142 valence electrons. The number of aromatic nitrogens is 4. The van der Waals surface area contributed by atoms with Crippen molar-refractivity contribution in [3.8, 4) is 0 Å². The molecule has 2 aliphatic heterocycles. The topological polar surface area (TPSA) is 96.4 Å². The lowest BCUT2D eigenvalue weighted by Gasteiger charge is -2.35. The molecule has 0 saturated carbocycles. The molecule has 2 aliphatic rings. The number of carbonyl (C=O) groups excluding carboxylic acids is 1. The van der Waals surface area contributed by atoms with Gasteiger partial charge in [-0.25, -0.2) is 9.97 Å². The van der Waals surface area contributed by atoms with Crippen molar-refractivity contribution in [1.82, 2.24) is 20.2 Å². The normalized spacial score (nSPS) is 18.4. The lowest BCUT2D eigenvalue weighted by atomic mass is 9.99. The molecule has 2 aromatic rings. The molecule has 0 aliphatic carbocycles. The molecular weight excluding hydrogens is 346 g/mol. The van der Waals surface area contributed by atoms with Crippen molar-refractivity contribution in [2.75, 3.05) is 54.5 Å². The van der Waals surface area contributed by atoms with Crippen LogP contribution >= 0.6 is 0 Å². The van der Waals surface area contributed by atoms with E-state index in [1.807, 2.05) is 18.2 Å². The number of amides is 1. The molecule has 0 bridgehead atoms. The minimum atomic E-state index is -0.00601. The number of carbonyl (C=O) groups is 1. The average molecular weight is 369 g/mol. The molecule has 0 radical (unpaired) electrons. The summed E-state index contributed by atoms with van der Waals surface area (Å²) in [7, 11) is 0. The monoisotopic (exact) mass is 369 g/mol. The Balaban J connectivity index is 1.31. The van der Waals surface area contributed by atoms with Crippen molar-refractivity contribution in [2.45, 2.75) is 12.8 Å². The maximum Gasteiger partial charge on any atom is 0.228 e. The Morgan fingerprint density at radius 3 is 2.37 bits per heavy atom. The zero-order valence-electron chi connectivity index (χ0n) is 15.1. The van der Waals surface area contributed by atoms with Crippen LogP contribution in [0.5, 0.6) is 0 Å². The fraction of sp³-hybridized carbons (Fsp3) is 0.500.